The number of pyridine rings is 1. The topological polar surface area (TPSA) is 55.6 Å². The van der Waals surface area contributed by atoms with Crippen LogP contribution in [0.15, 0.2) is 79.0 Å². The molecule has 0 amide bonds. The maximum absolute atomic E-state index is 13.9. The lowest BCUT2D eigenvalue weighted by Crippen LogP contribution is -1.95. The molecular formula is C24H17F2N5. The van der Waals surface area contributed by atoms with Crippen LogP contribution in [0.4, 0.5) is 20.2 Å². The molecule has 0 spiro atoms. The number of aryl methyl sites for hydroxylation is 1. The second-order valence-electron chi connectivity index (χ2n) is 7.18. The van der Waals surface area contributed by atoms with Crippen molar-refractivity contribution in [3.05, 3.63) is 96.2 Å². The Bertz CT molecular complexity index is 1390. The summed E-state index contributed by atoms with van der Waals surface area (Å²) in [6, 6.07) is 20.6. The fraction of sp³-hybridized carbons (Fsp3) is 0.0417. The van der Waals surface area contributed by atoms with Gasteiger partial charge < -0.3 is 5.32 Å². The molecule has 0 unspecified atom stereocenters. The smallest absolute Gasteiger partial charge is 0.131 e. The van der Waals surface area contributed by atoms with E-state index >= 15 is 0 Å². The second kappa shape index (κ2) is 7.60. The second-order valence-corrected chi connectivity index (χ2v) is 7.18. The molecule has 0 saturated heterocycles. The zero-order chi connectivity index (χ0) is 21.4. The number of benzene rings is 3. The maximum atomic E-state index is 13.9. The van der Waals surface area contributed by atoms with E-state index in [4.69, 9.17) is 4.98 Å². The van der Waals surface area contributed by atoms with E-state index in [1.165, 1.54) is 18.2 Å². The first-order valence-electron chi connectivity index (χ1n) is 9.68. The van der Waals surface area contributed by atoms with Gasteiger partial charge >= 0.3 is 0 Å². The summed E-state index contributed by atoms with van der Waals surface area (Å²) in [6.45, 7) is 1.73. The van der Waals surface area contributed by atoms with Gasteiger partial charge in [0.25, 0.3) is 0 Å². The molecule has 0 atom stereocenters. The SMILES string of the molecule is Cc1ccc(Nc2cccc3nc(-c4cn(-c5ccc(F)cc5)nn4)ccc23)cc1F. The molecule has 2 heterocycles. The van der Waals surface area contributed by atoms with Gasteiger partial charge in [0.05, 0.1) is 23.1 Å². The molecule has 0 saturated carbocycles. The van der Waals surface area contributed by atoms with Crippen molar-refractivity contribution >= 4 is 22.3 Å². The lowest BCUT2D eigenvalue weighted by atomic mass is 10.1. The Hall–Kier alpha value is -4.13. The molecule has 0 fully saturated rings. The highest BCUT2D eigenvalue weighted by atomic mass is 19.1. The van der Waals surface area contributed by atoms with Gasteiger partial charge in [-0.25, -0.2) is 18.4 Å². The van der Waals surface area contributed by atoms with Crippen molar-refractivity contribution in [2.24, 2.45) is 0 Å². The lowest BCUT2D eigenvalue weighted by molar-refractivity contribution is 0.619. The predicted octanol–water partition coefficient (Wildman–Crippen LogP) is 5.81. The summed E-state index contributed by atoms with van der Waals surface area (Å²) >= 11 is 0. The van der Waals surface area contributed by atoms with Gasteiger partial charge in [0.15, 0.2) is 0 Å². The summed E-state index contributed by atoms with van der Waals surface area (Å²) in [6.07, 6.45) is 1.75. The number of halogens is 2. The van der Waals surface area contributed by atoms with Gasteiger partial charge in [-0.15, -0.1) is 5.10 Å². The Balaban J connectivity index is 1.47. The van der Waals surface area contributed by atoms with E-state index in [0.29, 0.717) is 28.3 Å². The average Bonchev–Trinajstić information content (AvgIpc) is 3.27. The molecule has 5 nitrogen and oxygen atoms in total. The molecule has 3 aromatic carbocycles. The number of nitrogens with zero attached hydrogens (tertiary/aromatic N) is 4. The van der Waals surface area contributed by atoms with E-state index < -0.39 is 0 Å². The van der Waals surface area contributed by atoms with Gasteiger partial charge in [-0.05, 0) is 73.2 Å². The fourth-order valence-electron chi connectivity index (χ4n) is 3.33. The van der Waals surface area contributed by atoms with Crippen LogP contribution in [-0.4, -0.2) is 20.0 Å². The largest absolute Gasteiger partial charge is 0.355 e. The first kappa shape index (κ1) is 18.9. The van der Waals surface area contributed by atoms with E-state index in [2.05, 4.69) is 15.6 Å². The van der Waals surface area contributed by atoms with E-state index in [9.17, 15) is 8.78 Å². The molecule has 0 aliphatic rings. The summed E-state index contributed by atoms with van der Waals surface area (Å²) in [7, 11) is 0. The van der Waals surface area contributed by atoms with Gasteiger partial charge in [-0.1, -0.05) is 17.3 Å². The molecule has 1 N–H and O–H groups in total. The van der Waals surface area contributed by atoms with Crippen LogP contribution in [-0.2, 0) is 0 Å². The Kier molecular flexibility index (Phi) is 4.63. The number of hydrogen-bond acceptors (Lipinski definition) is 4. The third kappa shape index (κ3) is 3.73. The molecule has 31 heavy (non-hydrogen) atoms. The maximum Gasteiger partial charge on any atom is 0.131 e. The zero-order valence-electron chi connectivity index (χ0n) is 16.6. The number of aromatic nitrogens is 4. The average molecular weight is 413 g/mol. The standard InChI is InChI=1S/C24H17F2N5/c1-15-5-8-17(13-20(15)26)27-21-3-2-4-22-19(21)11-12-23(28-22)24-14-31(30-29-24)18-9-6-16(25)7-10-18/h2-14,27H,1H3. The molecule has 0 aliphatic heterocycles. The third-order valence-corrected chi connectivity index (χ3v) is 5.03. The highest BCUT2D eigenvalue weighted by Gasteiger charge is 2.10. The first-order valence-corrected chi connectivity index (χ1v) is 9.68. The van der Waals surface area contributed by atoms with Gasteiger partial charge in [-0.3, -0.25) is 0 Å². The van der Waals surface area contributed by atoms with Crippen LogP contribution in [0.3, 0.4) is 0 Å². The van der Waals surface area contributed by atoms with Crippen LogP contribution in [0.1, 0.15) is 5.56 Å². The highest BCUT2D eigenvalue weighted by molar-refractivity contribution is 5.94. The molecule has 0 bridgehead atoms. The van der Waals surface area contributed by atoms with Crippen LogP contribution >= 0.6 is 0 Å². The minimum absolute atomic E-state index is 0.255. The van der Waals surface area contributed by atoms with Crippen LogP contribution in [0.2, 0.25) is 0 Å². The summed E-state index contributed by atoms with van der Waals surface area (Å²) < 4.78 is 28.6. The summed E-state index contributed by atoms with van der Waals surface area (Å²) in [4.78, 5) is 4.71. The molecule has 152 valence electrons. The van der Waals surface area contributed by atoms with Crippen LogP contribution in [0.25, 0.3) is 28.0 Å². The first-order chi connectivity index (χ1) is 15.1. The molecule has 0 aliphatic carbocycles. The number of nitrogens with one attached hydrogen (secondary N) is 1. The van der Waals surface area contributed by atoms with Crippen molar-refractivity contribution in [1.29, 1.82) is 0 Å². The van der Waals surface area contributed by atoms with Crippen molar-refractivity contribution in [3.63, 3.8) is 0 Å². The zero-order valence-corrected chi connectivity index (χ0v) is 16.6. The number of rotatable bonds is 4. The normalized spacial score (nSPS) is 11.1. The number of fused-ring (bicyclic) bond motifs is 1. The Morgan fingerprint density at radius 1 is 0.871 bits per heavy atom. The van der Waals surface area contributed by atoms with E-state index in [1.54, 1.807) is 36.0 Å². The monoisotopic (exact) mass is 413 g/mol. The quantitative estimate of drug-likeness (QED) is 0.404. The summed E-state index contributed by atoms with van der Waals surface area (Å²) in [5, 5.41) is 12.5. The molecular weight excluding hydrogens is 396 g/mol. The van der Waals surface area contributed by atoms with Crippen molar-refractivity contribution in [2.45, 2.75) is 6.92 Å². The third-order valence-electron chi connectivity index (χ3n) is 5.03. The van der Waals surface area contributed by atoms with Gasteiger partial charge in [0, 0.05) is 16.8 Å². The Morgan fingerprint density at radius 2 is 1.71 bits per heavy atom. The minimum atomic E-state index is -0.307. The van der Waals surface area contributed by atoms with E-state index in [0.717, 1.165) is 16.6 Å². The lowest BCUT2D eigenvalue weighted by Gasteiger charge is -2.11. The Morgan fingerprint density at radius 3 is 2.52 bits per heavy atom. The fourth-order valence-corrected chi connectivity index (χ4v) is 3.33. The Labute approximate surface area is 177 Å². The van der Waals surface area contributed by atoms with Crippen LogP contribution in [0, 0.1) is 18.6 Å². The minimum Gasteiger partial charge on any atom is -0.355 e. The molecule has 5 rings (SSSR count). The van der Waals surface area contributed by atoms with Gasteiger partial charge in [-0.2, -0.15) is 0 Å². The van der Waals surface area contributed by atoms with Gasteiger partial charge in [0.2, 0.25) is 0 Å². The van der Waals surface area contributed by atoms with Gasteiger partial charge in [0.1, 0.15) is 17.3 Å². The van der Waals surface area contributed by atoms with Crippen molar-refractivity contribution in [3.8, 4) is 17.1 Å². The van der Waals surface area contributed by atoms with Crippen molar-refractivity contribution < 1.29 is 8.78 Å². The number of anilines is 2. The summed E-state index contributed by atoms with van der Waals surface area (Å²) in [5.41, 5.74) is 4.84. The highest BCUT2D eigenvalue weighted by Crippen LogP contribution is 2.28. The van der Waals surface area contributed by atoms with Crippen LogP contribution in [0.5, 0.6) is 0 Å². The van der Waals surface area contributed by atoms with Crippen molar-refractivity contribution in [2.75, 3.05) is 5.32 Å². The predicted molar refractivity (Wildman–Crippen MR) is 116 cm³/mol. The van der Waals surface area contributed by atoms with E-state index in [-0.39, 0.29) is 11.6 Å². The van der Waals surface area contributed by atoms with Crippen LogP contribution < -0.4 is 5.32 Å². The molecule has 2 aromatic heterocycles. The summed E-state index contributed by atoms with van der Waals surface area (Å²) in [5.74, 6) is -0.562. The molecule has 5 aromatic rings. The molecule has 7 heteroatoms. The van der Waals surface area contributed by atoms with Crippen molar-refractivity contribution in [1.82, 2.24) is 20.0 Å². The molecule has 0 radical (unpaired) electrons. The number of hydrogen-bond donors (Lipinski definition) is 1. The van der Waals surface area contributed by atoms with E-state index in [1.807, 2.05) is 36.4 Å².